The van der Waals surface area contributed by atoms with E-state index in [4.69, 9.17) is 5.11 Å². The molecule has 106 valence electrons. The van der Waals surface area contributed by atoms with Crippen molar-refractivity contribution < 1.29 is 9.90 Å². The summed E-state index contributed by atoms with van der Waals surface area (Å²) >= 11 is 0. The Labute approximate surface area is 118 Å². The number of aryl methyl sites for hydroxylation is 1. The van der Waals surface area contributed by atoms with Crippen LogP contribution in [-0.2, 0) is 13.6 Å². The van der Waals surface area contributed by atoms with Gasteiger partial charge < -0.3 is 5.11 Å². The molecule has 2 aromatic heterocycles. The number of hydrogen-bond acceptors (Lipinski definition) is 5. The number of carbonyl (C=O) groups is 1. The Bertz CT molecular complexity index is 896. The molecule has 8 nitrogen and oxygen atoms in total. The zero-order valence-electron chi connectivity index (χ0n) is 11.1. The molecular formula is C13H11N5O3. The summed E-state index contributed by atoms with van der Waals surface area (Å²) < 4.78 is 2.59. The van der Waals surface area contributed by atoms with E-state index < -0.39 is 5.97 Å². The monoisotopic (exact) mass is 285 g/mol. The number of carboxylic acid groups (broad SMARTS) is 1. The van der Waals surface area contributed by atoms with Gasteiger partial charge in [0.1, 0.15) is 5.39 Å². The highest BCUT2D eigenvalue weighted by Gasteiger charge is 2.13. The summed E-state index contributed by atoms with van der Waals surface area (Å²) in [6.45, 7) is 0.0408. The van der Waals surface area contributed by atoms with E-state index in [0.717, 1.165) is 4.68 Å². The Kier molecular flexibility index (Phi) is 2.98. The van der Waals surface area contributed by atoms with Crippen molar-refractivity contribution >= 4 is 17.0 Å². The first-order chi connectivity index (χ1) is 10.1. The van der Waals surface area contributed by atoms with Crippen LogP contribution in [0.15, 0.2) is 35.3 Å². The third-order valence-corrected chi connectivity index (χ3v) is 3.19. The van der Waals surface area contributed by atoms with Gasteiger partial charge in [-0.25, -0.2) is 14.2 Å². The molecule has 0 radical (unpaired) electrons. The van der Waals surface area contributed by atoms with Crippen molar-refractivity contribution in [2.75, 3.05) is 0 Å². The third kappa shape index (κ3) is 2.16. The van der Waals surface area contributed by atoms with Gasteiger partial charge in [0, 0.05) is 7.05 Å². The minimum atomic E-state index is -1.05. The second-order valence-electron chi connectivity index (χ2n) is 4.52. The van der Waals surface area contributed by atoms with E-state index in [2.05, 4.69) is 15.4 Å². The minimum Gasteiger partial charge on any atom is -0.478 e. The lowest BCUT2D eigenvalue weighted by Crippen LogP contribution is -2.25. The number of nitrogens with zero attached hydrogens (tertiary/aromatic N) is 5. The van der Waals surface area contributed by atoms with Crippen molar-refractivity contribution in [3.8, 4) is 0 Å². The van der Waals surface area contributed by atoms with Crippen molar-refractivity contribution in [3.63, 3.8) is 0 Å². The van der Waals surface area contributed by atoms with Gasteiger partial charge in [-0.2, -0.15) is 5.10 Å². The molecule has 0 amide bonds. The summed E-state index contributed by atoms with van der Waals surface area (Å²) in [5, 5.41) is 21.2. The summed E-state index contributed by atoms with van der Waals surface area (Å²) in [7, 11) is 1.67. The van der Waals surface area contributed by atoms with Crippen molar-refractivity contribution in [2.45, 2.75) is 6.54 Å². The second-order valence-corrected chi connectivity index (χ2v) is 4.52. The molecule has 0 aliphatic rings. The summed E-state index contributed by atoms with van der Waals surface area (Å²) in [6.07, 6.45) is 1.42. The molecule has 0 saturated carbocycles. The highest BCUT2D eigenvalue weighted by molar-refractivity contribution is 5.89. The van der Waals surface area contributed by atoms with Gasteiger partial charge in [0.25, 0.3) is 5.56 Å². The van der Waals surface area contributed by atoms with Crippen molar-refractivity contribution in [1.29, 1.82) is 0 Å². The molecule has 0 bridgehead atoms. The Hall–Kier alpha value is -3.03. The summed E-state index contributed by atoms with van der Waals surface area (Å²) in [6, 6.07) is 6.47. The van der Waals surface area contributed by atoms with E-state index >= 15 is 0 Å². The number of benzene rings is 1. The predicted molar refractivity (Wildman–Crippen MR) is 73.1 cm³/mol. The lowest BCUT2D eigenvalue weighted by Gasteiger charge is -2.06. The fourth-order valence-electron chi connectivity index (χ4n) is 2.11. The van der Waals surface area contributed by atoms with Crippen LogP contribution in [0, 0.1) is 0 Å². The molecule has 1 aromatic carbocycles. The summed E-state index contributed by atoms with van der Waals surface area (Å²) in [4.78, 5) is 23.5. The van der Waals surface area contributed by atoms with Crippen LogP contribution < -0.4 is 5.56 Å². The average Bonchev–Trinajstić information content (AvgIpc) is 2.84. The number of aromatic carboxylic acids is 1. The zero-order chi connectivity index (χ0) is 15.0. The van der Waals surface area contributed by atoms with Crippen molar-refractivity contribution in [2.24, 2.45) is 7.05 Å². The molecule has 0 aliphatic heterocycles. The molecule has 0 fully saturated rings. The highest BCUT2D eigenvalue weighted by atomic mass is 16.4. The van der Waals surface area contributed by atoms with Crippen LogP contribution in [0.25, 0.3) is 11.0 Å². The Morgan fingerprint density at radius 3 is 2.86 bits per heavy atom. The van der Waals surface area contributed by atoms with Gasteiger partial charge in [0.05, 0.1) is 18.3 Å². The maximum absolute atomic E-state index is 12.3. The zero-order valence-corrected chi connectivity index (χ0v) is 11.1. The third-order valence-electron chi connectivity index (χ3n) is 3.19. The first kappa shape index (κ1) is 13.0. The number of fused-ring (bicyclic) bond motifs is 1. The molecule has 8 heteroatoms. The maximum Gasteiger partial charge on any atom is 0.336 e. The smallest absolute Gasteiger partial charge is 0.336 e. The molecular weight excluding hydrogens is 274 g/mol. The van der Waals surface area contributed by atoms with Crippen LogP contribution in [0.1, 0.15) is 15.9 Å². The lowest BCUT2D eigenvalue weighted by atomic mass is 10.1. The normalized spacial score (nSPS) is 10.9. The summed E-state index contributed by atoms with van der Waals surface area (Å²) in [5.74, 6) is -1.05. The lowest BCUT2D eigenvalue weighted by molar-refractivity contribution is 0.0695. The van der Waals surface area contributed by atoms with Gasteiger partial charge in [-0.15, -0.1) is 5.10 Å². The van der Waals surface area contributed by atoms with Crippen LogP contribution in [0.2, 0.25) is 0 Å². The maximum atomic E-state index is 12.3. The van der Waals surface area contributed by atoms with Crippen LogP contribution >= 0.6 is 0 Å². The number of hydrogen-bond donors (Lipinski definition) is 1. The van der Waals surface area contributed by atoms with Gasteiger partial charge in [0.2, 0.25) is 0 Å². The topological polar surface area (TPSA) is 103 Å². The summed E-state index contributed by atoms with van der Waals surface area (Å²) in [5.41, 5.74) is 0.665. The first-order valence-electron chi connectivity index (χ1n) is 6.14. The van der Waals surface area contributed by atoms with Gasteiger partial charge in [0.15, 0.2) is 5.65 Å². The molecule has 21 heavy (non-hydrogen) atoms. The fourth-order valence-corrected chi connectivity index (χ4v) is 2.11. The van der Waals surface area contributed by atoms with E-state index in [1.54, 1.807) is 25.2 Å². The van der Waals surface area contributed by atoms with E-state index in [1.807, 2.05) is 0 Å². The Balaban J connectivity index is 2.09. The second kappa shape index (κ2) is 4.82. The van der Waals surface area contributed by atoms with Crippen LogP contribution in [0.4, 0.5) is 0 Å². The quantitative estimate of drug-likeness (QED) is 0.741. The SMILES string of the molecule is Cn1ncc2c(=O)n(Cc3ccccc3C(=O)O)nnc21. The molecule has 0 aliphatic carbocycles. The van der Waals surface area contributed by atoms with Crippen molar-refractivity contribution in [1.82, 2.24) is 24.8 Å². The van der Waals surface area contributed by atoms with Gasteiger partial charge in [-0.1, -0.05) is 23.4 Å². The number of aromatic nitrogens is 5. The van der Waals surface area contributed by atoms with E-state index in [0.29, 0.717) is 16.6 Å². The molecule has 3 rings (SSSR count). The van der Waals surface area contributed by atoms with Gasteiger partial charge in [-0.3, -0.25) is 4.79 Å². The molecule has 0 unspecified atom stereocenters. The van der Waals surface area contributed by atoms with Crippen LogP contribution in [0.5, 0.6) is 0 Å². The molecule has 3 aromatic rings. The average molecular weight is 285 g/mol. The standard InChI is InChI=1S/C13H11N5O3/c1-17-11-10(6-14-17)12(19)18(16-15-11)7-8-4-2-3-5-9(8)13(20)21/h2-6H,7H2,1H3,(H,20,21). The highest BCUT2D eigenvalue weighted by Crippen LogP contribution is 2.10. The predicted octanol–water partition coefficient (Wildman–Crippen LogP) is 0.271. The Morgan fingerprint density at radius 1 is 1.33 bits per heavy atom. The first-order valence-corrected chi connectivity index (χ1v) is 6.14. The largest absolute Gasteiger partial charge is 0.478 e. The van der Waals surface area contributed by atoms with E-state index in [-0.39, 0.29) is 17.7 Å². The van der Waals surface area contributed by atoms with E-state index in [9.17, 15) is 9.59 Å². The van der Waals surface area contributed by atoms with Crippen LogP contribution in [-0.4, -0.2) is 35.9 Å². The van der Waals surface area contributed by atoms with E-state index in [1.165, 1.54) is 16.9 Å². The molecule has 1 N–H and O–H groups in total. The van der Waals surface area contributed by atoms with Crippen molar-refractivity contribution in [3.05, 3.63) is 51.9 Å². The number of carboxylic acids is 1. The minimum absolute atomic E-state index is 0.0408. The van der Waals surface area contributed by atoms with Gasteiger partial charge >= 0.3 is 5.97 Å². The van der Waals surface area contributed by atoms with Crippen LogP contribution in [0.3, 0.4) is 0 Å². The Morgan fingerprint density at radius 2 is 2.10 bits per heavy atom. The molecule has 0 spiro atoms. The van der Waals surface area contributed by atoms with Gasteiger partial charge in [-0.05, 0) is 11.6 Å². The molecule has 2 heterocycles. The number of rotatable bonds is 3. The molecule has 0 saturated heterocycles. The fraction of sp³-hybridized carbons (Fsp3) is 0.154. The molecule has 0 atom stereocenters.